The second-order valence-corrected chi connectivity index (χ2v) is 4.36. The zero-order chi connectivity index (χ0) is 12.0. The zero-order valence-corrected chi connectivity index (χ0v) is 9.31. The van der Waals surface area contributed by atoms with Gasteiger partial charge in [0.05, 0.1) is 6.61 Å². The van der Waals surface area contributed by atoms with Crippen molar-refractivity contribution in [2.75, 3.05) is 6.61 Å². The lowest BCUT2D eigenvalue weighted by Crippen LogP contribution is -2.16. The maximum absolute atomic E-state index is 10.5. The first kappa shape index (κ1) is 12.8. The summed E-state index contributed by atoms with van der Waals surface area (Å²) in [4.78, 5) is 10.4. The Bertz CT molecular complexity index is 458. The van der Waals surface area contributed by atoms with Crippen LogP contribution in [0.3, 0.4) is 0 Å². The highest BCUT2D eigenvalue weighted by Gasteiger charge is 2.04. The fourth-order valence-electron chi connectivity index (χ4n) is 1.25. The molecule has 0 aromatic heterocycles. The average Bonchev–Trinajstić information content (AvgIpc) is 2.23. The Labute approximate surface area is 93.6 Å². The molecule has 0 aliphatic rings. The molecule has 1 aromatic rings. The fraction of sp³-hybridized carbons (Fsp3) is 0.333. The minimum Gasteiger partial charge on any atom is -0.258 e. The normalized spacial score (nSPS) is 11.3. The van der Waals surface area contributed by atoms with Gasteiger partial charge in [0.15, 0.2) is 0 Å². The maximum Gasteiger partial charge on any atom is 0.333 e. The Morgan fingerprint density at radius 3 is 2.62 bits per heavy atom. The van der Waals surface area contributed by atoms with Crippen molar-refractivity contribution in [2.24, 2.45) is 10.3 Å². The van der Waals surface area contributed by atoms with Crippen molar-refractivity contribution < 1.29 is 12.6 Å². The van der Waals surface area contributed by atoms with Gasteiger partial charge in [0.2, 0.25) is 0 Å². The van der Waals surface area contributed by atoms with Crippen molar-refractivity contribution in [3.63, 3.8) is 0 Å². The number of nitrogens with zero attached hydrogens (tertiary/aromatic N) is 1. The summed E-state index contributed by atoms with van der Waals surface area (Å²) >= 11 is 0. The SMILES string of the molecule is NS(=O)(=O)OCCCc1ccccc1N=O. The van der Waals surface area contributed by atoms with E-state index in [1.807, 2.05) is 0 Å². The van der Waals surface area contributed by atoms with E-state index in [-0.39, 0.29) is 6.61 Å². The molecule has 0 radical (unpaired) electrons. The van der Waals surface area contributed by atoms with E-state index in [1.165, 1.54) is 0 Å². The Hall–Kier alpha value is -1.31. The number of hydrogen-bond acceptors (Lipinski definition) is 5. The minimum absolute atomic E-state index is 0.00791. The minimum atomic E-state index is -3.88. The van der Waals surface area contributed by atoms with E-state index >= 15 is 0 Å². The van der Waals surface area contributed by atoms with Gasteiger partial charge in [-0.2, -0.15) is 8.42 Å². The van der Waals surface area contributed by atoms with Crippen LogP contribution in [0.5, 0.6) is 0 Å². The van der Waals surface area contributed by atoms with Gasteiger partial charge in [-0.05, 0) is 29.6 Å². The van der Waals surface area contributed by atoms with Crippen LogP contribution >= 0.6 is 0 Å². The molecule has 0 heterocycles. The summed E-state index contributed by atoms with van der Waals surface area (Å²) in [6.07, 6.45) is 0.959. The van der Waals surface area contributed by atoms with E-state index in [0.717, 1.165) is 5.56 Å². The maximum atomic E-state index is 10.5. The van der Waals surface area contributed by atoms with Gasteiger partial charge in [-0.3, -0.25) is 4.18 Å². The van der Waals surface area contributed by atoms with Crippen molar-refractivity contribution in [1.29, 1.82) is 0 Å². The first-order valence-corrected chi connectivity index (χ1v) is 6.08. The number of hydrogen-bond donors (Lipinski definition) is 1. The molecule has 6 nitrogen and oxygen atoms in total. The van der Waals surface area contributed by atoms with Gasteiger partial charge in [-0.15, -0.1) is 4.91 Å². The van der Waals surface area contributed by atoms with Gasteiger partial charge in [-0.25, -0.2) is 5.14 Å². The first-order chi connectivity index (χ1) is 7.53. The van der Waals surface area contributed by atoms with Crippen molar-refractivity contribution in [2.45, 2.75) is 12.8 Å². The second-order valence-electron chi connectivity index (χ2n) is 3.14. The summed E-state index contributed by atoms with van der Waals surface area (Å²) in [6, 6.07) is 6.85. The van der Waals surface area contributed by atoms with Crippen molar-refractivity contribution in [3.05, 3.63) is 34.7 Å². The van der Waals surface area contributed by atoms with Crippen LogP contribution < -0.4 is 5.14 Å². The van der Waals surface area contributed by atoms with Crippen LogP contribution in [0.4, 0.5) is 5.69 Å². The number of nitrogens with two attached hydrogens (primary N) is 1. The van der Waals surface area contributed by atoms with E-state index in [0.29, 0.717) is 18.5 Å². The molecule has 1 rings (SSSR count). The quantitative estimate of drug-likeness (QED) is 0.601. The van der Waals surface area contributed by atoms with Gasteiger partial charge in [0.1, 0.15) is 5.69 Å². The predicted molar refractivity (Wildman–Crippen MR) is 59.3 cm³/mol. The summed E-state index contributed by atoms with van der Waals surface area (Å²) in [7, 11) is -3.88. The van der Waals surface area contributed by atoms with E-state index in [1.54, 1.807) is 24.3 Å². The highest BCUT2D eigenvalue weighted by molar-refractivity contribution is 7.84. The Balaban J connectivity index is 2.46. The third kappa shape index (κ3) is 4.47. The molecule has 0 fully saturated rings. The van der Waals surface area contributed by atoms with Gasteiger partial charge >= 0.3 is 10.3 Å². The molecule has 0 atom stereocenters. The lowest BCUT2D eigenvalue weighted by atomic mass is 10.1. The molecule has 2 N–H and O–H groups in total. The average molecular weight is 244 g/mol. The lowest BCUT2D eigenvalue weighted by Gasteiger charge is -2.03. The smallest absolute Gasteiger partial charge is 0.258 e. The fourth-order valence-corrected chi connectivity index (χ4v) is 1.60. The molecule has 88 valence electrons. The number of rotatable bonds is 6. The number of nitroso groups, excluding NO2 is 1. The van der Waals surface area contributed by atoms with Gasteiger partial charge in [-0.1, -0.05) is 18.2 Å². The topological polar surface area (TPSA) is 98.8 Å². The second kappa shape index (κ2) is 5.69. The van der Waals surface area contributed by atoms with Crippen LogP contribution in [-0.2, 0) is 20.9 Å². The molecular formula is C9H12N2O4S. The van der Waals surface area contributed by atoms with Crippen LogP contribution in [-0.4, -0.2) is 15.0 Å². The van der Waals surface area contributed by atoms with Crippen molar-refractivity contribution >= 4 is 16.0 Å². The Morgan fingerprint density at radius 1 is 1.31 bits per heavy atom. The van der Waals surface area contributed by atoms with Gasteiger partial charge in [0.25, 0.3) is 0 Å². The van der Waals surface area contributed by atoms with Gasteiger partial charge < -0.3 is 0 Å². The van der Waals surface area contributed by atoms with Crippen LogP contribution in [0.15, 0.2) is 29.4 Å². The lowest BCUT2D eigenvalue weighted by molar-refractivity contribution is 0.313. The molecule has 0 unspecified atom stereocenters. The molecule has 0 saturated carbocycles. The molecule has 1 aromatic carbocycles. The highest BCUT2D eigenvalue weighted by Crippen LogP contribution is 2.19. The molecule has 0 aliphatic heterocycles. The largest absolute Gasteiger partial charge is 0.333 e. The Morgan fingerprint density at radius 2 is 2.00 bits per heavy atom. The summed E-state index contributed by atoms with van der Waals surface area (Å²) in [6.45, 7) is -0.00791. The van der Waals surface area contributed by atoms with Crippen molar-refractivity contribution in [3.8, 4) is 0 Å². The van der Waals surface area contributed by atoms with Crippen LogP contribution in [0.2, 0.25) is 0 Å². The molecule has 16 heavy (non-hydrogen) atoms. The Kier molecular flexibility index (Phi) is 4.53. The highest BCUT2D eigenvalue weighted by atomic mass is 32.2. The van der Waals surface area contributed by atoms with Crippen LogP contribution in [0, 0.1) is 4.91 Å². The molecule has 0 saturated heterocycles. The molecule has 0 spiro atoms. The monoisotopic (exact) mass is 244 g/mol. The number of benzene rings is 1. The summed E-state index contributed by atoms with van der Waals surface area (Å²) in [5.41, 5.74) is 1.12. The first-order valence-electron chi connectivity index (χ1n) is 4.61. The van der Waals surface area contributed by atoms with E-state index in [9.17, 15) is 13.3 Å². The molecular weight excluding hydrogens is 232 g/mol. The molecule has 0 bridgehead atoms. The zero-order valence-electron chi connectivity index (χ0n) is 8.50. The summed E-state index contributed by atoms with van der Waals surface area (Å²) < 4.78 is 25.3. The van der Waals surface area contributed by atoms with E-state index in [4.69, 9.17) is 0 Å². The van der Waals surface area contributed by atoms with Crippen molar-refractivity contribution in [1.82, 2.24) is 0 Å². The molecule has 0 amide bonds. The molecule has 0 aliphatic carbocycles. The third-order valence-electron chi connectivity index (χ3n) is 1.93. The summed E-state index contributed by atoms with van der Waals surface area (Å²) in [5, 5.41) is 7.52. The standard InChI is InChI=1S/C9H12N2O4S/c10-16(13,14)15-7-3-5-8-4-1-2-6-9(8)11-12/h1-2,4,6H,3,5,7H2,(H2,10,13,14). The van der Waals surface area contributed by atoms with E-state index in [2.05, 4.69) is 14.5 Å². The predicted octanol–water partition coefficient (Wildman–Crippen LogP) is 1.24. The van der Waals surface area contributed by atoms with E-state index < -0.39 is 10.3 Å². The number of aryl methyl sites for hydroxylation is 1. The third-order valence-corrected chi connectivity index (χ3v) is 2.42. The van der Waals surface area contributed by atoms with Crippen LogP contribution in [0.1, 0.15) is 12.0 Å². The van der Waals surface area contributed by atoms with Gasteiger partial charge in [0, 0.05) is 0 Å². The van der Waals surface area contributed by atoms with Crippen LogP contribution in [0.25, 0.3) is 0 Å². The molecule has 7 heteroatoms. The summed E-state index contributed by atoms with van der Waals surface area (Å²) in [5.74, 6) is 0.